The fraction of sp³-hybridized carbons (Fsp3) is 0.350. The Balaban J connectivity index is 2.23. The van der Waals surface area contributed by atoms with Crippen molar-refractivity contribution in [2.75, 3.05) is 6.01 Å². The second-order valence-electron chi connectivity index (χ2n) is 6.86. The molecule has 0 aliphatic heterocycles. The second kappa shape index (κ2) is 9.46. The van der Waals surface area contributed by atoms with Crippen LogP contribution in [0, 0.1) is 0 Å². The van der Waals surface area contributed by atoms with Crippen molar-refractivity contribution in [1.82, 2.24) is 5.32 Å². The molecule has 0 radical (unpaired) electrons. The highest BCUT2D eigenvalue weighted by molar-refractivity contribution is 7.86. The molecule has 0 aromatic heterocycles. The minimum Gasteiger partial charge on any atom is -0.381 e. The average molecular weight is 447 g/mol. The SMILES string of the molecule is C[C@H](Cc1ccccc1)NC(=O)[C@H](C)c1cc(OS(=O)(=O)CF)cc(C(F)(F)F)c1. The molecule has 5 nitrogen and oxygen atoms in total. The summed E-state index contributed by atoms with van der Waals surface area (Å²) in [7, 11) is -4.69. The van der Waals surface area contributed by atoms with Crippen LogP contribution in [0.1, 0.15) is 36.5 Å². The molecular formula is C20H21F4NO4S. The second-order valence-corrected chi connectivity index (χ2v) is 8.36. The molecule has 1 N–H and O–H groups in total. The predicted octanol–water partition coefficient (Wildman–Crippen LogP) is 4.19. The van der Waals surface area contributed by atoms with Crippen LogP contribution >= 0.6 is 0 Å². The van der Waals surface area contributed by atoms with Crippen LogP contribution in [-0.4, -0.2) is 26.4 Å². The molecule has 0 bridgehead atoms. The van der Waals surface area contributed by atoms with Gasteiger partial charge < -0.3 is 9.50 Å². The van der Waals surface area contributed by atoms with Crippen LogP contribution in [-0.2, 0) is 27.5 Å². The predicted molar refractivity (Wildman–Crippen MR) is 103 cm³/mol. The third-order valence-electron chi connectivity index (χ3n) is 4.28. The molecule has 2 rings (SSSR count). The molecule has 0 fully saturated rings. The Labute approximate surface area is 172 Å². The molecule has 0 unspecified atom stereocenters. The molecule has 0 heterocycles. The van der Waals surface area contributed by atoms with E-state index in [0.29, 0.717) is 12.5 Å². The molecule has 164 valence electrons. The van der Waals surface area contributed by atoms with Gasteiger partial charge in [-0.1, -0.05) is 30.3 Å². The first-order valence-corrected chi connectivity index (χ1v) is 10.5. The highest BCUT2D eigenvalue weighted by atomic mass is 32.2. The molecule has 0 spiro atoms. The largest absolute Gasteiger partial charge is 0.416 e. The summed E-state index contributed by atoms with van der Waals surface area (Å²) in [4.78, 5) is 12.5. The number of amides is 1. The minimum absolute atomic E-state index is 0.113. The van der Waals surface area contributed by atoms with Crippen molar-refractivity contribution in [3.63, 3.8) is 0 Å². The average Bonchev–Trinajstić information content (AvgIpc) is 2.66. The van der Waals surface area contributed by atoms with E-state index in [-0.39, 0.29) is 11.6 Å². The molecule has 2 atom stereocenters. The number of carbonyl (C=O) groups is 1. The van der Waals surface area contributed by atoms with Crippen LogP contribution in [0.4, 0.5) is 17.6 Å². The molecule has 0 saturated heterocycles. The monoisotopic (exact) mass is 447 g/mol. The molecule has 0 saturated carbocycles. The van der Waals surface area contributed by atoms with Gasteiger partial charge in [0.05, 0.1) is 11.5 Å². The molecule has 0 aliphatic carbocycles. The molecule has 2 aromatic rings. The number of carbonyl (C=O) groups excluding carboxylic acids is 1. The van der Waals surface area contributed by atoms with E-state index in [4.69, 9.17) is 0 Å². The highest BCUT2D eigenvalue weighted by Crippen LogP contribution is 2.35. The first-order chi connectivity index (χ1) is 13.9. The van der Waals surface area contributed by atoms with Gasteiger partial charge in [0.15, 0.2) is 0 Å². The van der Waals surface area contributed by atoms with E-state index in [1.807, 2.05) is 30.3 Å². The van der Waals surface area contributed by atoms with Gasteiger partial charge in [-0.25, -0.2) is 4.39 Å². The Bertz CT molecular complexity index is 978. The Morgan fingerprint density at radius 2 is 1.73 bits per heavy atom. The zero-order chi connectivity index (χ0) is 22.5. The third kappa shape index (κ3) is 6.72. The summed E-state index contributed by atoms with van der Waals surface area (Å²) in [6, 6.07) is 9.29. The third-order valence-corrected chi connectivity index (χ3v) is 4.99. The summed E-state index contributed by atoms with van der Waals surface area (Å²) in [6.07, 6.45) is -4.30. The van der Waals surface area contributed by atoms with Gasteiger partial charge in [0.1, 0.15) is 5.75 Å². The number of halogens is 4. The topological polar surface area (TPSA) is 72.5 Å². The van der Waals surface area contributed by atoms with Crippen LogP contribution in [0.5, 0.6) is 5.75 Å². The summed E-state index contributed by atoms with van der Waals surface area (Å²) in [6.45, 7) is 3.14. The maximum atomic E-state index is 13.2. The molecule has 30 heavy (non-hydrogen) atoms. The molecule has 2 aromatic carbocycles. The number of hydrogen-bond acceptors (Lipinski definition) is 4. The van der Waals surface area contributed by atoms with Crippen LogP contribution in [0.2, 0.25) is 0 Å². The minimum atomic E-state index is -4.82. The van der Waals surface area contributed by atoms with Crippen molar-refractivity contribution in [3.05, 3.63) is 65.2 Å². The van der Waals surface area contributed by atoms with Crippen molar-refractivity contribution >= 4 is 16.0 Å². The van der Waals surface area contributed by atoms with E-state index in [1.54, 1.807) is 6.92 Å². The van der Waals surface area contributed by atoms with Crippen molar-refractivity contribution in [3.8, 4) is 5.75 Å². The van der Waals surface area contributed by atoms with E-state index in [9.17, 15) is 30.8 Å². The van der Waals surface area contributed by atoms with Crippen molar-refractivity contribution in [1.29, 1.82) is 0 Å². The Hall–Kier alpha value is -2.62. The number of benzene rings is 2. The standard InChI is InChI=1S/C20H21F4NO4S/c1-13(8-15-6-4-3-5-7-15)25-19(26)14(2)16-9-17(20(22,23)24)11-18(10-16)29-30(27,28)12-21/h3-7,9-11,13-14H,8,12H2,1-2H3,(H,25,26)/t13-,14-/m1/s1. The fourth-order valence-electron chi connectivity index (χ4n) is 2.79. The van der Waals surface area contributed by atoms with E-state index in [1.165, 1.54) is 6.92 Å². The van der Waals surface area contributed by atoms with E-state index in [2.05, 4.69) is 9.50 Å². The number of rotatable bonds is 8. The van der Waals surface area contributed by atoms with Gasteiger partial charge in [0, 0.05) is 6.04 Å². The summed E-state index contributed by atoms with van der Waals surface area (Å²) in [5, 5.41) is 2.72. The van der Waals surface area contributed by atoms with Gasteiger partial charge in [0.25, 0.3) is 0 Å². The normalized spacial score (nSPS) is 14.1. The van der Waals surface area contributed by atoms with Gasteiger partial charge in [0.2, 0.25) is 11.9 Å². The first kappa shape index (κ1) is 23.7. The Morgan fingerprint density at radius 3 is 2.30 bits per heavy atom. The van der Waals surface area contributed by atoms with Crippen LogP contribution in [0.3, 0.4) is 0 Å². The van der Waals surface area contributed by atoms with Crippen molar-refractivity contribution in [2.24, 2.45) is 0 Å². The van der Waals surface area contributed by atoms with Crippen LogP contribution in [0.25, 0.3) is 0 Å². The lowest BCUT2D eigenvalue weighted by molar-refractivity contribution is -0.137. The lowest BCUT2D eigenvalue weighted by atomic mass is 9.97. The van der Waals surface area contributed by atoms with Gasteiger partial charge in [-0.3, -0.25) is 4.79 Å². The number of nitrogens with one attached hydrogen (secondary N) is 1. The van der Waals surface area contributed by atoms with Crippen molar-refractivity contribution in [2.45, 2.75) is 38.4 Å². The van der Waals surface area contributed by atoms with Gasteiger partial charge in [-0.2, -0.15) is 21.6 Å². The first-order valence-electron chi connectivity index (χ1n) is 8.96. The van der Waals surface area contributed by atoms with E-state index in [0.717, 1.165) is 17.7 Å². The maximum Gasteiger partial charge on any atom is 0.416 e. The van der Waals surface area contributed by atoms with E-state index < -0.39 is 45.4 Å². The van der Waals surface area contributed by atoms with Crippen molar-refractivity contribution < 1.29 is 35.0 Å². The number of alkyl halides is 4. The van der Waals surface area contributed by atoms with Crippen LogP contribution < -0.4 is 9.50 Å². The lowest BCUT2D eigenvalue weighted by Gasteiger charge is -2.19. The Kier molecular flexibility index (Phi) is 7.46. The maximum absolute atomic E-state index is 13.2. The van der Waals surface area contributed by atoms with Gasteiger partial charge in [-0.15, -0.1) is 0 Å². The molecule has 0 aliphatic rings. The zero-order valence-electron chi connectivity index (χ0n) is 16.2. The summed E-state index contributed by atoms with van der Waals surface area (Å²) in [5.74, 6) is -2.30. The molecule has 10 heteroatoms. The molecule has 1 amide bonds. The zero-order valence-corrected chi connectivity index (χ0v) is 17.1. The highest BCUT2D eigenvalue weighted by Gasteiger charge is 2.33. The summed E-state index contributed by atoms with van der Waals surface area (Å²) < 4.78 is 79.1. The van der Waals surface area contributed by atoms with Gasteiger partial charge in [-0.05, 0) is 49.6 Å². The quantitative estimate of drug-likeness (QED) is 0.487. The Morgan fingerprint density at radius 1 is 1.10 bits per heavy atom. The summed E-state index contributed by atoms with van der Waals surface area (Å²) in [5.41, 5.74) is -0.344. The fourth-order valence-corrected chi connectivity index (χ4v) is 3.22. The van der Waals surface area contributed by atoms with Crippen LogP contribution in [0.15, 0.2) is 48.5 Å². The lowest BCUT2D eigenvalue weighted by Crippen LogP contribution is -2.36. The van der Waals surface area contributed by atoms with E-state index >= 15 is 0 Å². The number of hydrogen-bond donors (Lipinski definition) is 1. The summed E-state index contributed by atoms with van der Waals surface area (Å²) >= 11 is 0. The smallest absolute Gasteiger partial charge is 0.381 e. The molecular weight excluding hydrogens is 426 g/mol. The van der Waals surface area contributed by atoms with Gasteiger partial charge >= 0.3 is 16.3 Å².